The molecule has 2 aromatic rings. The number of aryl methyl sites for hydroxylation is 3. The third-order valence-corrected chi connectivity index (χ3v) is 2.58. The molecular formula is C11H14N6O. The van der Waals surface area contributed by atoms with E-state index in [0.29, 0.717) is 11.4 Å². The van der Waals surface area contributed by atoms with Crippen molar-refractivity contribution in [3.8, 4) is 0 Å². The molecule has 7 nitrogen and oxygen atoms in total. The van der Waals surface area contributed by atoms with E-state index < -0.39 is 0 Å². The average Bonchev–Trinajstić information content (AvgIpc) is 2.63. The largest absolute Gasteiger partial charge is 0.397 e. The summed E-state index contributed by atoms with van der Waals surface area (Å²) >= 11 is 0. The molecule has 18 heavy (non-hydrogen) atoms. The van der Waals surface area contributed by atoms with Crippen LogP contribution in [0.25, 0.3) is 0 Å². The summed E-state index contributed by atoms with van der Waals surface area (Å²) in [6.07, 6.45) is 1.66. The highest BCUT2D eigenvalue weighted by atomic mass is 16.2. The maximum Gasteiger partial charge on any atom is 0.274 e. The predicted molar refractivity (Wildman–Crippen MR) is 67.1 cm³/mol. The van der Waals surface area contributed by atoms with Gasteiger partial charge >= 0.3 is 0 Å². The number of nitrogens with zero attached hydrogens (tertiary/aromatic N) is 4. The van der Waals surface area contributed by atoms with Crippen LogP contribution in [0.4, 0.5) is 11.6 Å². The van der Waals surface area contributed by atoms with Gasteiger partial charge in [0.05, 0.1) is 17.1 Å². The van der Waals surface area contributed by atoms with Crippen LogP contribution in [0.1, 0.15) is 21.9 Å². The van der Waals surface area contributed by atoms with E-state index in [0.717, 1.165) is 11.4 Å². The van der Waals surface area contributed by atoms with Crippen LogP contribution in [-0.4, -0.2) is 25.7 Å². The maximum absolute atomic E-state index is 11.9. The molecule has 0 aliphatic rings. The number of hydrogen-bond donors (Lipinski definition) is 2. The van der Waals surface area contributed by atoms with Crippen molar-refractivity contribution in [1.29, 1.82) is 0 Å². The number of carbonyl (C=O) groups excluding carboxylic acids is 1. The van der Waals surface area contributed by atoms with Crippen LogP contribution in [0.2, 0.25) is 0 Å². The Morgan fingerprint density at radius 1 is 1.33 bits per heavy atom. The minimum absolute atomic E-state index is 0.183. The van der Waals surface area contributed by atoms with Gasteiger partial charge in [-0.25, -0.2) is 4.98 Å². The quantitative estimate of drug-likeness (QED) is 0.811. The molecule has 94 valence electrons. The fraction of sp³-hybridized carbons (Fsp3) is 0.273. The van der Waals surface area contributed by atoms with Gasteiger partial charge in [0, 0.05) is 13.2 Å². The molecule has 0 radical (unpaired) electrons. The highest BCUT2D eigenvalue weighted by molar-refractivity contribution is 6.02. The number of anilines is 2. The van der Waals surface area contributed by atoms with Gasteiger partial charge in [-0.05, 0) is 19.9 Å². The third kappa shape index (κ3) is 2.29. The van der Waals surface area contributed by atoms with Crippen molar-refractivity contribution in [1.82, 2.24) is 19.7 Å². The van der Waals surface area contributed by atoms with Crippen LogP contribution in [0.15, 0.2) is 12.3 Å². The molecule has 2 aromatic heterocycles. The van der Waals surface area contributed by atoms with Gasteiger partial charge in [0.1, 0.15) is 5.69 Å². The molecule has 0 spiro atoms. The number of aromatic nitrogens is 4. The molecule has 0 saturated heterocycles. The molecule has 0 aromatic carbocycles. The zero-order valence-corrected chi connectivity index (χ0v) is 10.4. The molecule has 0 aliphatic carbocycles. The van der Waals surface area contributed by atoms with Gasteiger partial charge in [-0.3, -0.25) is 10.1 Å². The Kier molecular flexibility index (Phi) is 2.97. The summed E-state index contributed by atoms with van der Waals surface area (Å²) in [5.74, 6) is -0.137. The molecule has 0 saturated carbocycles. The van der Waals surface area contributed by atoms with Gasteiger partial charge in [-0.1, -0.05) is 0 Å². The molecule has 0 atom stereocenters. The predicted octanol–water partition coefficient (Wildman–Crippen LogP) is 0.661. The summed E-state index contributed by atoms with van der Waals surface area (Å²) in [6.45, 7) is 3.61. The Bertz CT molecular complexity index is 604. The Balaban J connectivity index is 2.21. The molecule has 0 fully saturated rings. The first-order chi connectivity index (χ1) is 8.47. The van der Waals surface area contributed by atoms with Crippen molar-refractivity contribution in [3.05, 3.63) is 29.3 Å². The van der Waals surface area contributed by atoms with Crippen molar-refractivity contribution in [2.75, 3.05) is 11.1 Å². The van der Waals surface area contributed by atoms with Gasteiger partial charge in [0.25, 0.3) is 5.91 Å². The topological polar surface area (TPSA) is 98.7 Å². The summed E-state index contributed by atoms with van der Waals surface area (Å²) in [5.41, 5.74) is 8.04. The highest BCUT2D eigenvalue weighted by Crippen LogP contribution is 2.10. The first-order valence-electron chi connectivity index (χ1n) is 5.38. The summed E-state index contributed by atoms with van der Waals surface area (Å²) in [4.78, 5) is 16.1. The second-order valence-electron chi connectivity index (χ2n) is 4.03. The smallest absolute Gasteiger partial charge is 0.274 e. The summed E-state index contributed by atoms with van der Waals surface area (Å²) in [6, 6.07) is 1.59. The normalized spacial score (nSPS) is 10.4. The minimum atomic E-state index is -0.320. The van der Waals surface area contributed by atoms with E-state index in [9.17, 15) is 4.79 Å². The second kappa shape index (κ2) is 4.44. The molecule has 0 bridgehead atoms. The first kappa shape index (κ1) is 12.0. The van der Waals surface area contributed by atoms with Crippen LogP contribution in [0.3, 0.4) is 0 Å². The van der Waals surface area contributed by atoms with Crippen molar-refractivity contribution in [2.45, 2.75) is 13.8 Å². The Hall–Kier alpha value is -2.44. The first-order valence-corrected chi connectivity index (χ1v) is 5.38. The van der Waals surface area contributed by atoms with Crippen LogP contribution < -0.4 is 11.1 Å². The Morgan fingerprint density at radius 2 is 2.06 bits per heavy atom. The Morgan fingerprint density at radius 3 is 2.61 bits per heavy atom. The lowest BCUT2D eigenvalue weighted by atomic mass is 10.4. The van der Waals surface area contributed by atoms with E-state index in [1.54, 1.807) is 37.7 Å². The van der Waals surface area contributed by atoms with Gasteiger partial charge in [-0.2, -0.15) is 5.10 Å². The van der Waals surface area contributed by atoms with Crippen molar-refractivity contribution >= 4 is 17.5 Å². The van der Waals surface area contributed by atoms with E-state index >= 15 is 0 Å². The Labute approximate surface area is 104 Å². The molecule has 0 unspecified atom stereocenters. The van der Waals surface area contributed by atoms with Crippen molar-refractivity contribution in [3.63, 3.8) is 0 Å². The van der Waals surface area contributed by atoms with Crippen LogP contribution in [0.5, 0.6) is 0 Å². The van der Waals surface area contributed by atoms with Crippen LogP contribution >= 0.6 is 0 Å². The standard InChI is InChI=1S/C11H14N6O/c1-6-7(2)15-16-11(13-6)14-10(18)9-4-8(12)5-17(9)3/h4-5H,12H2,1-3H3,(H,13,14,16,18). The van der Waals surface area contributed by atoms with E-state index in [-0.39, 0.29) is 11.9 Å². The van der Waals surface area contributed by atoms with Gasteiger partial charge in [0.15, 0.2) is 0 Å². The summed E-state index contributed by atoms with van der Waals surface area (Å²) in [5, 5.41) is 10.3. The molecule has 3 N–H and O–H groups in total. The molecule has 2 heterocycles. The van der Waals surface area contributed by atoms with E-state index in [1.807, 2.05) is 0 Å². The molecule has 2 rings (SSSR count). The number of nitrogens with two attached hydrogens (primary N) is 1. The van der Waals surface area contributed by atoms with Gasteiger partial charge in [0.2, 0.25) is 5.95 Å². The van der Waals surface area contributed by atoms with Gasteiger partial charge < -0.3 is 10.3 Å². The number of carbonyl (C=O) groups is 1. The zero-order valence-electron chi connectivity index (χ0n) is 10.4. The number of nitrogens with one attached hydrogen (secondary N) is 1. The van der Waals surface area contributed by atoms with Crippen LogP contribution in [-0.2, 0) is 7.05 Å². The number of amides is 1. The number of nitrogen functional groups attached to an aromatic ring is 1. The van der Waals surface area contributed by atoms with Crippen LogP contribution in [0, 0.1) is 13.8 Å². The lowest BCUT2D eigenvalue weighted by Gasteiger charge is -2.05. The summed E-state index contributed by atoms with van der Waals surface area (Å²) < 4.78 is 1.64. The maximum atomic E-state index is 11.9. The highest BCUT2D eigenvalue weighted by Gasteiger charge is 2.13. The van der Waals surface area contributed by atoms with Gasteiger partial charge in [-0.15, -0.1) is 5.10 Å². The summed E-state index contributed by atoms with van der Waals surface area (Å²) in [7, 11) is 1.74. The lowest BCUT2D eigenvalue weighted by Crippen LogP contribution is -2.18. The average molecular weight is 246 g/mol. The monoisotopic (exact) mass is 246 g/mol. The molecule has 1 amide bonds. The lowest BCUT2D eigenvalue weighted by molar-refractivity contribution is 0.101. The second-order valence-corrected chi connectivity index (χ2v) is 4.03. The third-order valence-electron chi connectivity index (χ3n) is 2.58. The minimum Gasteiger partial charge on any atom is -0.397 e. The SMILES string of the molecule is Cc1nnc(NC(=O)c2cc(N)cn2C)nc1C. The van der Waals surface area contributed by atoms with Crippen molar-refractivity contribution in [2.24, 2.45) is 7.05 Å². The zero-order chi connectivity index (χ0) is 13.3. The fourth-order valence-corrected chi connectivity index (χ4v) is 1.49. The van der Waals surface area contributed by atoms with Crippen molar-refractivity contribution < 1.29 is 4.79 Å². The molecule has 7 heteroatoms. The van der Waals surface area contributed by atoms with E-state index in [1.165, 1.54) is 0 Å². The van der Waals surface area contributed by atoms with E-state index in [2.05, 4.69) is 20.5 Å². The number of hydrogen-bond acceptors (Lipinski definition) is 5. The molecular weight excluding hydrogens is 232 g/mol. The number of rotatable bonds is 2. The fourth-order valence-electron chi connectivity index (χ4n) is 1.49. The van der Waals surface area contributed by atoms with E-state index in [4.69, 9.17) is 5.73 Å². The molecule has 0 aliphatic heterocycles.